The molecule has 0 saturated heterocycles. The molecule has 0 saturated carbocycles. The highest BCUT2D eigenvalue weighted by atomic mass is 35.5. The normalized spacial score (nSPS) is 10.1. The summed E-state index contributed by atoms with van der Waals surface area (Å²) in [5.41, 5.74) is 5.11. The van der Waals surface area contributed by atoms with E-state index >= 15 is 0 Å². The van der Waals surface area contributed by atoms with Crippen LogP contribution in [0, 0.1) is 0 Å². The third kappa shape index (κ3) is 4.72. The van der Waals surface area contributed by atoms with Crippen LogP contribution in [0.1, 0.15) is 4.88 Å². The molecule has 1 heterocycles. The Morgan fingerprint density at radius 1 is 1.53 bits per heavy atom. The summed E-state index contributed by atoms with van der Waals surface area (Å²) in [7, 11) is 1.67. The highest BCUT2D eigenvalue weighted by Crippen LogP contribution is 2.22. The van der Waals surface area contributed by atoms with Crippen molar-refractivity contribution >= 4 is 34.8 Å². The Morgan fingerprint density at radius 3 is 2.76 bits per heavy atom. The van der Waals surface area contributed by atoms with Gasteiger partial charge in [0.15, 0.2) is 0 Å². The van der Waals surface area contributed by atoms with Crippen molar-refractivity contribution in [3.05, 3.63) is 21.3 Å². The number of amides is 2. The fourth-order valence-corrected chi connectivity index (χ4v) is 2.28. The number of nitrogens with two attached hydrogens (primary N) is 1. The van der Waals surface area contributed by atoms with E-state index in [1.807, 2.05) is 6.07 Å². The Morgan fingerprint density at radius 2 is 2.24 bits per heavy atom. The second kappa shape index (κ2) is 6.58. The number of hydrogen-bond donors (Lipinski definition) is 2. The van der Waals surface area contributed by atoms with Crippen LogP contribution in [0.3, 0.4) is 0 Å². The lowest BCUT2D eigenvalue weighted by molar-refractivity contribution is -0.131. The molecule has 7 heteroatoms. The van der Waals surface area contributed by atoms with Gasteiger partial charge in [0, 0.05) is 11.9 Å². The Balaban J connectivity index is 2.39. The highest BCUT2D eigenvalue weighted by molar-refractivity contribution is 7.16. The van der Waals surface area contributed by atoms with Gasteiger partial charge in [-0.1, -0.05) is 11.6 Å². The molecule has 1 rings (SSSR count). The van der Waals surface area contributed by atoms with Gasteiger partial charge >= 0.3 is 0 Å². The lowest BCUT2D eigenvalue weighted by Gasteiger charge is -2.16. The molecule has 3 N–H and O–H groups in total. The van der Waals surface area contributed by atoms with E-state index in [0.717, 1.165) is 4.88 Å². The standard InChI is InChI=1S/C10H14ClN3O2S/c1-14(6-7-2-3-8(11)17-7)10(16)5-13-9(15)4-12/h2-3H,4-6,12H2,1H3,(H,13,15). The van der Waals surface area contributed by atoms with Crippen molar-refractivity contribution in [2.45, 2.75) is 6.54 Å². The maximum absolute atomic E-state index is 11.6. The van der Waals surface area contributed by atoms with E-state index in [1.54, 1.807) is 13.1 Å². The Bertz CT molecular complexity index is 408. The zero-order chi connectivity index (χ0) is 12.8. The van der Waals surface area contributed by atoms with Crippen LogP contribution in [-0.4, -0.2) is 36.9 Å². The molecule has 1 aromatic heterocycles. The molecule has 0 aliphatic carbocycles. The molecule has 5 nitrogen and oxygen atoms in total. The van der Waals surface area contributed by atoms with Crippen LogP contribution in [0.2, 0.25) is 4.34 Å². The minimum atomic E-state index is -0.342. The number of thiophene rings is 1. The van der Waals surface area contributed by atoms with Crippen LogP contribution in [-0.2, 0) is 16.1 Å². The van der Waals surface area contributed by atoms with Crippen molar-refractivity contribution in [1.82, 2.24) is 10.2 Å². The summed E-state index contributed by atoms with van der Waals surface area (Å²) in [5.74, 6) is -0.512. The van der Waals surface area contributed by atoms with Gasteiger partial charge in [-0.2, -0.15) is 0 Å². The van der Waals surface area contributed by atoms with E-state index in [0.29, 0.717) is 10.9 Å². The molecular weight excluding hydrogens is 262 g/mol. The van der Waals surface area contributed by atoms with Crippen LogP contribution < -0.4 is 11.1 Å². The van der Waals surface area contributed by atoms with Gasteiger partial charge in [0.1, 0.15) is 0 Å². The molecule has 0 aliphatic rings. The van der Waals surface area contributed by atoms with Crippen molar-refractivity contribution in [1.29, 1.82) is 0 Å². The predicted octanol–water partition coefficient (Wildman–Crippen LogP) is 0.435. The molecule has 0 unspecified atom stereocenters. The first-order chi connectivity index (χ1) is 8.02. The molecule has 0 fully saturated rings. The van der Waals surface area contributed by atoms with Crippen molar-refractivity contribution < 1.29 is 9.59 Å². The van der Waals surface area contributed by atoms with Crippen molar-refractivity contribution in [3.63, 3.8) is 0 Å². The van der Waals surface area contributed by atoms with Gasteiger partial charge < -0.3 is 16.0 Å². The number of likely N-dealkylation sites (N-methyl/N-ethyl adjacent to an activating group) is 1. The number of hydrogen-bond acceptors (Lipinski definition) is 4. The molecule has 2 amide bonds. The lowest BCUT2D eigenvalue weighted by Crippen LogP contribution is -2.39. The fourth-order valence-electron chi connectivity index (χ4n) is 1.14. The van der Waals surface area contributed by atoms with E-state index in [9.17, 15) is 9.59 Å². The summed E-state index contributed by atoms with van der Waals surface area (Å²) in [6, 6.07) is 3.66. The number of halogens is 1. The van der Waals surface area contributed by atoms with E-state index in [1.165, 1.54) is 16.2 Å². The monoisotopic (exact) mass is 275 g/mol. The molecule has 0 atom stereocenters. The largest absolute Gasteiger partial charge is 0.346 e. The molecule has 94 valence electrons. The van der Waals surface area contributed by atoms with Crippen molar-refractivity contribution in [2.75, 3.05) is 20.1 Å². The van der Waals surface area contributed by atoms with Gasteiger partial charge in [-0.05, 0) is 12.1 Å². The second-order valence-corrected chi connectivity index (χ2v) is 5.24. The quantitative estimate of drug-likeness (QED) is 0.819. The van der Waals surface area contributed by atoms with E-state index in [2.05, 4.69) is 5.32 Å². The second-order valence-electron chi connectivity index (χ2n) is 3.44. The summed E-state index contributed by atoms with van der Waals surface area (Å²) >= 11 is 7.22. The number of carbonyl (C=O) groups excluding carboxylic acids is 2. The van der Waals surface area contributed by atoms with Gasteiger partial charge in [-0.15, -0.1) is 11.3 Å². The first kappa shape index (κ1) is 14.0. The number of nitrogens with one attached hydrogen (secondary N) is 1. The third-order valence-electron chi connectivity index (χ3n) is 2.07. The van der Waals surface area contributed by atoms with Crippen LogP contribution in [0.4, 0.5) is 0 Å². The van der Waals surface area contributed by atoms with Crippen LogP contribution in [0.25, 0.3) is 0 Å². The summed E-state index contributed by atoms with van der Waals surface area (Å²) in [6.07, 6.45) is 0. The summed E-state index contributed by atoms with van der Waals surface area (Å²) in [6.45, 7) is 0.331. The van der Waals surface area contributed by atoms with Gasteiger partial charge in [-0.3, -0.25) is 9.59 Å². The molecule has 0 bridgehead atoms. The topological polar surface area (TPSA) is 75.4 Å². The first-order valence-corrected chi connectivity index (χ1v) is 6.17. The minimum Gasteiger partial charge on any atom is -0.346 e. The van der Waals surface area contributed by atoms with E-state index in [-0.39, 0.29) is 24.9 Å². The van der Waals surface area contributed by atoms with Gasteiger partial charge in [0.2, 0.25) is 11.8 Å². The van der Waals surface area contributed by atoms with Gasteiger partial charge in [0.25, 0.3) is 0 Å². The SMILES string of the molecule is CN(Cc1ccc(Cl)s1)C(=O)CNC(=O)CN. The number of carbonyl (C=O) groups is 2. The fraction of sp³-hybridized carbons (Fsp3) is 0.400. The zero-order valence-corrected chi connectivity index (χ0v) is 11.0. The predicted molar refractivity (Wildman–Crippen MR) is 67.9 cm³/mol. The lowest BCUT2D eigenvalue weighted by atomic mass is 10.4. The van der Waals surface area contributed by atoms with E-state index < -0.39 is 0 Å². The molecular formula is C10H14ClN3O2S. The highest BCUT2D eigenvalue weighted by Gasteiger charge is 2.11. The average Bonchev–Trinajstić information content (AvgIpc) is 2.70. The summed E-state index contributed by atoms with van der Waals surface area (Å²) in [5, 5.41) is 2.43. The van der Waals surface area contributed by atoms with Gasteiger partial charge in [-0.25, -0.2) is 0 Å². The Labute approximate surface area is 109 Å². The third-order valence-corrected chi connectivity index (χ3v) is 3.29. The number of rotatable bonds is 5. The van der Waals surface area contributed by atoms with Crippen LogP contribution in [0.15, 0.2) is 12.1 Å². The maximum atomic E-state index is 11.6. The average molecular weight is 276 g/mol. The zero-order valence-electron chi connectivity index (χ0n) is 9.40. The Hall–Kier alpha value is -1.11. The van der Waals surface area contributed by atoms with Crippen LogP contribution in [0.5, 0.6) is 0 Å². The summed E-state index contributed by atoms with van der Waals surface area (Å²) in [4.78, 5) is 25.0. The number of nitrogens with zero attached hydrogens (tertiary/aromatic N) is 1. The first-order valence-electron chi connectivity index (χ1n) is 4.98. The smallest absolute Gasteiger partial charge is 0.242 e. The minimum absolute atomic E-state index is 0.0361. The Kier molecular flexibility index (Phi) is 5.40. The molecule has 1 aromatic rings. The maximum Gasteiger partial charge on any atom is 0.242 e. The van der Waals surface area contributed by atoms with Crippen molar-refractivity contribution in [2.24, 2.45) is 5.73 Å². The molecule has 0 aliphatic heterocycles. The van der Waals surface area contributed by atoms with E-state index in [4.69, 9.17) is 17.3 Å². The molecule has 0 aromatic carbocycles. The van der Waals surface area contributed by atoms with Crippen LogP contribution >= 0.6 is 22.9 Å². The molecule has 0 spiro atoms. The molecule has 0 radical (unpaired) electrons. The summed E-state index contributed by atoms with van der Waals surface area (Å²) < 4.78 is 0.692. The molecule has 17 heavy (non-hydrogen) atoms. The van der Waals surface area contributed by atoms with Crippen molar-refractivity contribution in [3.8, 4) is 0 Å². The van der Waals surface area contributed by atoms with Gasteiger partial charge in [0.05, 0.1) is 24.0 Å².